The molecule has 2 N–H and O–H groups in total. The van der Waals surface area contributed by atoms with Gasteiger partial charge in [-0.25, -0.2) is 4.79 Å². The number of hydrogen-bond donors (Lipinski definition) is 2. The molecule has 5 nitrogen and oxygen atoms in total. The van der Waals surface area contributed by atoms with E-state index in [1.165, 1.54) is 0 Å². The van der Waals surface area contributed by atoms with E-state index in [0.717, 1.165) is 32.4 Å². The number of hydrogen-bond acceptors (Lipinski definition) is 2. The summed E-state index contributed by atoms with van der Waals surface area (Å²) in [5, 5.41) is 5.48. The fraction of sp³-hybridized carbons (Fsp3) is 0.467. The monoisotopic (exact) mass is 275 g/mol. The van der Waals surface area contributed by atoms with E-state index in [-0.39, 0.29) is 11.9 Å². The highest BCUT2D eigenvalue weighted by molar-refractivity contribution is 5.95. The van der Waals surface area contributed by atoms with E-state index >= 15 is 0 Å². The summed E-state index contributed by atoms with van der Waals surface area (Å²) >= 11 is 0. The summed E-state index contributed by atoms with van der Waals surface area (Å²) in [6, 6.07) is 6.82. The topological polar surface area (TPSA) is 61.4 Å². The number of benzene rings is 1. The molecule has 20 heavy (non-hydrogen) atoms. The molecule has 0 spiro atoms. The molecule has 108 valence electrons. The Bertz CT molecular complexity index is 465. The van der Waals surface area contributed by atoms with Crippen LogP contribution in [0.1, 0.15) is 36.5 Å². The first kappa shape index (κ1) is 14.4. The standard InChI is InChI=1S/C15H21N3O2/c1-2-9-16-15(20)17-13-7-5-12(6-8-13)14(19)18-10-3-4-11-18/h5-8H,2-4,9-11H2,1H3,(H2,16,17,20). The van der Waals surface area contributed by atoms with E-state index in [0.29, 0.717) is 17.8 Å². The van der Waals surface area contributed by atoms with Crippen LogP contribution in [-0.2, 0) is 0 Å². The summed E-state index contributed by atoms with van der Waals surface area (Å²) in [5.41, 5.74) is 1.36. The average Bonchev–Trinajstić information content (AvgIpc) is 2.99. The largest absolute Gasteiger partial charge is 0.339 e. The van der Waals surface area contributed by atoms with Gasteiger partial charge in [0.05, 0.1) is 0 Å². The number of nitrogens with zero attached hydrogens (tertiary/aromatic N) is 1. The van der Waals surface area contributed by atoms with Crippen LogP contribution in [-0.4, -0.2) is 36.5 Å². The summed E-state index contributed by atoms with van der Waals surface area (Å²) in [7, 11) is 0. The number of carbonyl (C=O) groups excluding carboxylic acids is 2. The molecule has 1 heterocycles. The van der Waals surface area contributed by atoms with Crippen molar-refractivity contribution in [1.29, 1.82) is 0 Å². The lowest BCUT2D eigenvalue weighted by atomic mass is 10.2. The molecule has 3 amide bonds. The highest BCUT2D eigenvalue weighted by Crippen LogP contribution is 2.15. The fourth-order valence-corrected chi connectivity index (χ4v) is 2.21. The fourth-order valence-electron chi connectivity index (χ4n) is 2.21. The molecule has 0 unspecified atom stereocenters. The van der Waals surface area contributed by atoms with Crippen LogP contribution in [0.3, 0.4) is 0 Å². The maximum absolute atomic E-state index is 12.1. The predicted octanol–water partition coefficient (Wildman–Crippen LogP) is 2.45. The number of urea groups is 1. The first-order valence-corrected chi connectivity index (χ1v) is 7.15. The molecule has 2 rings (SSSR count). The molecule has 5 heteroatoms. The van der Waals surface area contributed by atoms with E-state index in [4.69, 9.17) is 0 Å². The van der Waals surface area contributed by atoms with Gasteiger partial charge in [0.2, 0.25) is 0 Å². The summed E-state index contributed by atoms with van der Waals surface area (Å²) in [5.74, 6) is 0.0736. The first-order chi connectivity index (χ1) is 9.70. The molecule has 0 bridgehead atoms. The summed E-state index contributed by atoms with van der Waals surface area (Å²) in [6.45, 7) is 4.34. The van der Waals surface area contributed by atoms with Gasteiger partial charge in [-0.1, -0.05) is 6.92 Å². The van der Waals surface area contributed by atoms with E-state index in [9.17, 15) is 9.59 Å². The highest BCUT2D eigenvalue weighted by atomic mass is 16.2. The molecule has 0 radical (unpaired) electrons. The minimum absolute atomic E-state index is 0.0736. The van der Waals surface area contributed by atoms with Gasteiger partial charge in [-0.05, 0) is 43.5 Å². The molecule has 0 atom stereocenters. The van der Waals surface area contributed by atoms with Gasteiger partial charge in [-0.2, -0.15) is 0 Å². The van der Waals surface area contributed by atoms with Crippen molar-refractivity contribution in [2.45, 2.75) is 26.2 Å². The summed E-state index contributed by atoms with van der Waals surface area (Å²) < 4.78 is 0. The van der Waals surface area contributed by atoms with Crippen LogP contribution in [0.4, 0.5) is 10.5 Å². The third-order valence-corrected chi connectivity index (χ3v) is 3.32. The third-order valence-electron chi connectivity index (χ3n) is 3.32. The second kappa shape index (κ2) is 6.93. The van der Waals surface area contributed by atoms with Gasteiger partial charge < -0.3 is 15.5 Å². The van der Waals surface area contributed by atoms with Crippen LogP contribution in [0, 0.1) is 0 Å². The van der Waals surface area contributed by atoms with Crippen molar-refractivity contribution in [2.75, 3.05) is 25.0 Å². The van der Waals surface area contributed by atoms with Crippen molar-refractivity contribution in [3.63, 3.8) is 0 Å². The average molecular weight is 275 g/mol. The zero-order valence-corrected chi connectivity index (χ0v) is 11.8. The van der Waals surface area contributed by atoms with Crippen molar-refractivity contribution in [2.24, 2.45) is 0 Å². The van der Waals surface area contributed by atoms with Crippen LogP contribution in [0.15, 0.2) is 24.3 Å². The second-order valence-corrected chi connectivity index (χ2v) is 4.96. The number of nitrogens with one attached hydrogen (secondary N) is 2. The van der Waals surface area contributed by atoms with E-state index in [1.807, 2.05) is 11.8 Å². The number of amides is 3. The minimum atomic E-state index is -0.217. The molecule has 1 aliphatic heterocycles. The summed E-state index contributed by atoms with van der Waals surface area (Å²) in [4.78, 5) is 25.5. The van der Waals surface area contributed by atoms with Crippen LogP contribution in [0.25, 0.3) is 0 Å². The van der Waals surface area contributed by atoms with Crippen LogP contribution in [0.2, 0.25) is 0 Å². The maximum Gasteiger partial charge on any atom is 0.319 e. The number of likely N-dealkylation sites (tertiary alicyclic amines) is 1. The normalized spacial score (nSPS) is 14.2. The second-order valence-electron chi connectivity index (χ2n) is 4.96. The van der Waals surface area contributed by atoms with Gasteiger partial charge >= 0.3 is 6.03 Å². The Kier molecular flexibility index (Phi) is 4.98. The van der Waals surface area contributed by atoms with Gasteiger partial charge in [0.15, 0.2) is 0 Å². The molecular weight excluding hydrogens is 254 g/mol. The molecule has 1 aliphatic rings. The smallest absolute Gasteiger partial charge is 0.319 e. The maximum atomic E-state index is 12.1. The Morgan fingerprint density at radius 1 is 1.15 bits per heavy atom. The quantitative estimate of drug-likeness (QED) is 0.886. The van der Waals surface area contributed by atoms with Gasteiger partial charge in [0.1, 0.15) is 0 Å². The third kappa shape index (κ3) is 3.73. The number of rotatable bonds is 4. The molecule has 1 aromatic carbocycles. The van der Waals surface area contributed by atoms with E-state index in [2.05, 4.69) is 10.6 Å². The van der Waals surface area contributed by atoms with Crippen molar-refractivity contribution in [1.82, 2.24) is 10.2 Å². The molecule has 1 aromatic rings. The van der Waals surface area contributed by atoms with Crippen LogP contribution < -0.4 is 10.6 Å². The lowest BCUT2D eigenvalue weighted by Gasteiger charge is -2.15. The van der Waals surface area contributed by atoms with E-state index < -0.39 is 0 Å². The Labute approximate surface area is 119 Å². The molecular formula is C15H21N3O2. The highest BCUT2D eigenvalue weighted by Gasteiger charge is 2.19. The van der Waals surface area contributed by atoms with E-state index in [1.54, 1.807) is 24.3 Å². The predicted molar refractivity (Wildman–Crippen MR) is 78.9 cm³/mol. The Hall–Kier alpha value is -2.04. The van der Waals surface area contributed by atoms with Crippen LogP contribution >= 0.6 is 0 Å². The summed E-state index contributed by atoms with van der Waals surface area (Å²) in [6.07, 6.45) is 3.07. The van der Waals surface area contributed by atoms with Gasteiger partial charge in [0.25, 0.3) is 5.91 Å². The SMILES string of the molecule is CCCNC(=O)Nc1ccc(C(=O)N2CCCC2)cc1. The van der Waals surface area contributed by atoms with Crippen molar-refractivity contribution < 1.29 is 9.59 Å². The molecule has 0 aromatic heterocycles. The molecule has 0 aliphatic carbocycles. The van der Waals surface area contributed by atoms with Crippen LogP contribution in [0.5, 0.6) is 0 Å². The van der Waals surface area contributed by atoms with Crippen molar-refractivity contribution in [3.8, 4) is 0 Å². The first-order valence-electron chi connectivity index (χ1n) is 7.15. The van der Waals surface area contributed by atoms with Gasteiger partial charge in [0, 0.05) is 30.9 Å². The Morgan fingerprint density at radius 3 is 2.40 bits per heavy atom. The lowest BCUT2D eigenvalue weighted by molar-refractivity contribution is 0.0793. The van der Waals surface area contributed by atoms with Crippen molar-refractivity contribution in [3.05, 3.63) is 29.8 Å². The zero-order chi connectivity index (χ0) is 14.4. The molecule has 1 fully saturated rings. The zero-order valence-electron chi connectivity index (χ0n) is 11.8. The molecule has 1 saturated heterocycles. The Morgan fingerprint density at radius 2 is 1.80 bits per heavy atom. The number of carbonyl (C=O) groups is 2. The lowest BCUT2D eigenvalue weighted by Crippen LogP contribution is -2.29. The van der Waals surface area contributed by atoms with Gasteiger partial charge in [-0.15, -0.1) is 0 Å². The minimum Gasteiger partial charge on any atom is -0.339 e. The van der Waals surface area contributed by atoms with Crippen molar-refractivity contribution >= 4 is 17.6 Å². The van der Waals surface area contributed by atoms with Gasteiger partial charge in [-0.3, -0.25) is 4.79 Å². The molecule has 0 saturated carbocycles. The Balaban J connectivity index is 1.92. The number of anilines is 1.